The quantitative estimate of drug-likeness (QED) is 0.706. The van der Waals surface area contributed by atoms with E-state index in [9.17, 15) is 4.79 Å². The molecule has 0 radical (unpaired) electrons. The molecule has 7 nitrogen and oxygen atoms in total. The van der Waals surface area contributed by atoms with Crippen molar-refractivity contribution in [3.8, 4) is 11.3 Å². The predicted octanol–water partition coefficient (Wildman–Crippen LogP) is 2.08. The molecule has 7 heteroatoms. The van der Waals surface area contributed by atoms with E-state index in [-0.39, 0.29) is 5.91 Å². The van der Waals surface area contributed by atoms with Crippen LogP contribution in [0.1, 0.15) is 12.8 Å². The Labute approximate surface area is 152 Å². The highest BCUT2D eigenvalue weighted by atomic mass is 16.2. The van der Waals surface area contributed by atoms with Crippen LogP contribution in [0, 0.1) is 5.92 Å². The Kier molecular flexibility index (Phi) is 4.77. The van der Waals surface area contributed by atoms with Gasteiger partial charge in [-0.2, -0.15) is 0 Å². The molecule has 3 aromatic rings. The van der Waals surface area contributed by atoms with Crippen LogP contribution in [0.15, 0.2) is 55.2 Å². The van der Waals surface area contributed by atoms with Crippen LogP contribution >= 0.6 is 0 Å². The van der Waals surface area contributed by atoms with E-state index in [0.29, 0.717) is 12.5 Å². The van der Waals surface area contributed by atoms with Gasteiger partial charge in [0.25, 0.3) is 0 Å². The van der Waals surface area contributed by atoms with E-state index < -0.39 is 0 Å². The Balaban J connectivity index is 1.29. The van der Waals surface area contributed by atoms with E-state index in [1.165, 1.54) is 0 Å². The molecule has 0 spiro atoms. The van der Waals surface area contributed by atoms with Gasteiger partial charge in [-0.3, -0.25) is 9.48 Å². The van der Waals surface area contributed by atoms with Crippen LogP contribution in [0.25, 0.3) is 11.3 Å². The van der Waals surface area contributed by atoms with Crippen LogP contribution in [0.5, 0.6) is 0 Å². The molecule has 134 valence electrons. The van der Waals surface area contributed by atoms with Crippen molar-refractivity contribution in [2.24, 2.45) is 5.92 Å². The molecule has 0 unspecified atom stereocenters. The second kappa shape index (κ2) is 7.51. The van der Waals surface area contributed by atoms with Crippen molar-refractivity contribution in [3.63, 3.8) is 0 Å². The molecule has 1 aliphatic heterocycles. The number of amides is 1. The number of carbonyl (C=O) groups is 1. The Hall–Kier alpha value is -2.96. The van der Waals surface area contributed by atoms with E-state index in [2.05, 4.69) is 15.3 Å². The second-order valence-electron chi connectivity index (χ2n) is 6.75. The summed E-state index contributed by atoms with van der Waals surface area (Å²) in [6.07, 6.45) is 9.19. The molecule has 1 fully saturated rings. The first-order valence-electron chi connectivity index (χ1n) is 8.97. The lowest BCUT2D eigenvalue weighted by Gasteiger charge is -2.32. The smallest absolute Gasteiger partial charge is 0.242 e. The molecule has 4 rings (SSSR count). The molecule has 0 bridgehead atoms. The third-order valence-corrected chi connectivity index (χ3v) is 4.90. The van der Waals surface area contributed by atoms with Gasteiger partial charge >= 0.3 is 0 Å². The van der Waals surface area contributed by atoms with E-state index in [0.717, 1.165) is 43.7 Å². The van der Waals surface area contributed by atoms with Crippen molar-refractivity contribution in [3.05, 3.63) is 55.2 Å². The van der Waals surface area contributed by atoms with Crippen molar-refractivity contribution in [2.75, 3.05) is 13.1 Å². The first kappa shape index (κ1) is 16.5. The molecule has 1 saturated heterocycles. The zero-order chi connectivity index (χ0) is 17.8. The normalized spacial score (nSPS) is 15.3. The summed E-state index contributed by atoms with van der Waals surface area (Å²) in [7, 11) is 0. The maximum atomic E-state index is 12.3. The van der Waals surface area contributed by atoms with Gasteiger partial charge in [0, 0.05) is 37.6 Å². The van der Waals surface area contributed by atoms with Crippen LogP contribution < -0.4 is 0 Å². The number of piperidine rings is 1. The number of hydrogen-bond donors (Lipinski definition) is 0. The molecule has 0 N–H and O–H groups in total. The summed E-state index contributed by atoms with van der Waals surface area (Å²) in [5, 5.41) is 8.54. The summed E-state index contributed by atoms with van der Waals surface area (Å²) >= 11 is 0. The van der Waals surface area contributed by atoms with E-state index in [1.807, 2.05) is 56.9 Å². The van der Waals surface area contributed by atoms with Gasteiger partial charge in [-0.15, -0.1) is 5.10 Å². The summed E-state index contributed by atoms with van der Waals surface area (Å²) in [6.45, 7) is 2.83. The first-order valence-corrected chi connectivity index (χ1v) is 8.97. The SMILES string of the molecule is O=C(Cn1ccnc1)N1CCC(Cn2cc(-c3ccccc3)nn2)CC1. The number of imidazole rings is 1. The zero-order valence-corrected chi connectivity index (χ0v) is 14.6. The van der Waals surface area contributed by atoms with Gasteiger partial charge in [0.05, 0.1) is 12.5 Å². The highest BCUT2D eigenvalue weighted by Gasteiger charge is 2.23. The molecule has 0 saturated carbocycles. The lowest BCUT2D eigenvalue weighted by Crippen LogP contribution is -2.40. The minimum Gasteiger partial charge on any atom is -0.341 e. The zero-order valence-electron chi connectivity index (χ0n) is 14.6. The van der Waals surface area contributed by atoms with Gasteiger partial charge < -0.3 is 9.47 Å². The van der Waals surface area contributed by atoms with Gasteiger partial charge in [0.2, 0.25) is 5.91 Å². The molecule has 2 aromatic heterocycles. The Bertz CT molecular complexity index is 834. The number of likely N-dealkylation sites (tertiary alicyclic amines) is 1. The average Bonchev–Trinajstić information content (AvgIpc) is 3.35. The Morgan fingerprint density at radius 3 is 2.69 bits per heavy atom. The van der Waals surface area contributed by atoms with Crippen molar-refractivity contribution < 1.29 is 4.79 Å². The fraction of sp³-hybridized carbons (Fsp3) is 0.368. The fourth-order valence-electron chi connectivity index (χ4n) is 3.39. The monoisotopic (exact) mass is 350 g/mol. The lowest BCUT2D eigenvalue weighted by molar-refractivity contribution is -0.133. The predicted molar refractivity (Wildman–Crippen MR) is 97.0 cm³/mol. The number of rotatable bonds is 5. The van der Waals surface area contributed by atoms with Gasteiger partial charge in [-0.05, 0) is 18.8 Å². The second-order valence-corrected chi connectivity index (χ2v) is 6.75. The van der Waals surface area contributed by atoms with Crippen LogP contribution in [0.2, 0.25) is 0 Å². The van der Waals surface area contributed by atoms with Crippen molar-refractivity contribution >= 4 is 5.91 Å². The molecule has 3 heterocycles. The van der Waals surface area contributed by atoms with Crippen molar-refractivity contribution in [2.45, 2.75) is 25.9 Å². The van der Waals surface area contributed by atoms with Crippen molar-refractivity contribution in [1.82, 2.24) is 29.4 Å². The number of nitrogens with zero attached hydrogens (tertiary/aromatic N) is 6. The first-order chi connectivity index (χ1) is 12.8. The van der Waals surface area contributed by atoms with E-state index >= 15 is 0 Å². The summed E-state index contributed by atoms with van der Waals surface area (Å²) in [5.74, 6) is 0.686. The Morgan fingerprint density at radius 1 is 1.15 bits per heavy atom. The highest BCUT2D eigenvalue weighted by molar-refractivity contribution is 5.76. The molecular formula is C19H22N6O. The number of aromatic nitrogens is 5. The van der Waals surface area contributed by atoms with Gasteiger partial charge in [-0.25, -0.2) is 4.98 Å². The largest absolute Gasteiger partial charge is 0.341 e. The third-order valence-electron chi connectivity index (χ3n) is 4.90. The summed E-state index contributed by atoms with van der Waals surface area (Å²) in [4.78, 5) is 18.3. The molecule has 1 aromatic carbocycles. The third kappa shape index (κ3) is 3.82. The highest BCUT2D eigenvalue weighted by Crippen LogP contribution is 2.21. The molecule has 0 atom stereocenters. The maximum absolute atomic E-state index is 12.3. The number of hydrogen-bond acceptors (Lipinski definition) is 4. The Morgan fingerprint density at radius 2 is 1.96 bits per heavy atom. The standard InChI is InChI=1S/C19H22N6O/c26-19(14-23-11-8-20-15-23)24-9-6-16(7-10-24)12-25-13-18(21-22-25)17-4-2-1-3-5-17/h1-5,8,11,13,15-16H,6-7,9-10,12,14H2. The molecule has 26 heavy (non-hydrogen) atoms. The molecule has 0 aliphatic carbocycles. The lowest BCUT2D eigenvalue weighted by atomic mass is 9.97. The van der Waals surface area contributed by atoms with Gasteiger partial charge in [0.15, 0.2) is 0 Å². The summed E-state index contributed by atoms with van der Waals surface area (Å²) < 4.78 is 3.74. The van der Waals surface area contributed by atoms with E-state index in [1.54, 1.807) is 12.5 Å². The van der Waals surface area contributed by atoms with Gasteiger partial charge in [0.1, 0.15) is 12.2 Å². The number of benzene rings is 1. The van der Waals surface area contributed by atoms with E-state index in [4.69, 9.17) is 0 Å². The summed E-state index contributed by atoms with van der Waals surface area (Å²) in [5.41, 5.74) is 1.98. The molecular weight excluding hydrogens is 328 g/mol. The van der Waals surface area contributed by atoms with Crippen LogP contribution in [0.4, 0.5) is 0 Å². The van der Waals surface area contributed by atoms with Crippen molar-refractivity contribution in [1.29, 1.82) is 0 Å². The molecule has 1 amide bonds. The van der Waals surface area contributed by atoms with Crippen LogP contribution in [-0.4, -0.2) is 48.4 Å². The van der Waals surface area contributed by atoms with Crippen LogP contribution in [-0.2, 0) is 17.9 Å². The minimum absolute atomic E-state index is 0.161. The fourth-order valence-corrected chi connectivity index (χ4v) is 3.39. The summed E-state index contributed by atoms with van der Waals surface area (Å²) in [6, 6.07) is 10.1. The number of carbonyl (C=O) groups excluding carboxylic acids is 1. The minimum atomic E-state index is 0.161. The maximum Gasteiger partial charge on any atom is 0.242 e. The molecule has 1 aliphatic rings. The van der Waals surface area contributed by atoms with Crippen LogP contribution in [0.3, 0.4) is 0 Å². The van der Waals surface area contributed by atoms with Gasteiger partial charge in [-0.1, -0.05) is 35.5 Å². The average molecular weight is 350 g/mol. The topological polar surface area (TPSA) is 68.8 Å².